The second-order valence-corrected chi connectivity index (χ2v) is 14.1. The van der Waals surface area contributed by atoms with E-state index in [2.05, 4.69) is 10.6 Å². The smallest absolute Gasteiger partial charge is 0.327 e. The van der Waals surface area contributed by atoms with Crippen molar-refractivity contribution in [3.8, 4) is 11.1 Å². The average Bonchev–Trinajstić information content (AvgIpc) is 3.47. The lowest BCUT2D eigenvalue weighted by molar-refractivity contribution is -0.141. The van der Waals surface area contributed by atoms with Crippen molar-refractivity contribution < 1.29 is 43.0 Å². The van der Waals surface area contributed by atoms with Gasteiger partial charge in [-0.2, -0.15) is 0 Å². The molecule has 0 unspecified atom stereocenters. The highest BCUT2D eigenvalue weighted by Crippen LogP contribution is 2.41. The second kappa shape index (κ2) is 19.0. The van der Waals surface area contributed by atoms with E-state index in [0.717, 1.165) is 35.5 Å². The number of nitrogens with zero attached hydrogens (tertiary/aromatic N) is 2. The number of rotatable bonds is 19. The molecule has 0 saturated heterocycles. The second-order valence-electron chi connectivity index (χ2n) is 13.0. The zero-order valence-electron chi connectivity index (χ0n) is 28.9. The van der Waals surface area contributed by atoms with Crippen LogP contribution in [0.25, 0.3) is 11.1 Å². The van der Waals surface area contributed by atoms with Crippen LogP contribution in [0.15, 0.2) is 60.8 Å². The van der Waals surface area contributed by atoms with Gasteiger partial charge in [0.2, 0.25) is 17.7 Å². The highest BCUT2D eigenvalue weighted by atomic mass is 32.2. The number of benzene rings is 2. The Labute approximate surface area is 299 Å². The van der Waals surface area contributed by atoms with Crippen LogP contribution in [-0.4, -0.2) is 86.5 Å². The number of amides is 3. The minimum Gasteiger partial charge on any atom is -0.481 e. The molecule has 0 bridgehead atoms. The van der Waals surface area contributed by atoms with Crippen molar-refractivity contribution in [3.63, 3.8) is 0 Å². The fourth-order valence-electron chi connectivity index (χ4n) is 5.53. The van der Waals surface area contributed by atoms with E-state index in [4.69, 9.17) is 10.8 Å². The number of carbonyl (C=O) groups excluding carboxylic acids is 3. The van der Waals surface area contributed by atoms with E-state index in [1.807, 2.05) is 55.7 Å². The zero-order valence-corrected chi connectivity index (χ0v) is 29.7. The first kappa shape index (κ1) is 40.7. The number of aliphatic carboxylic acids is 2. The molecule has 0 aliphatic heterocycles. The van der Waals surface area contributed by atoms with Crippen LogP contribution in [0.2, 0.25) is 0 Å². The van der Waals surface area contributed by atoms with Crippen LogP contribution in [0, 0.1) is 17.0 Å². The van der Waals surface area contributed by atoms with E-state index in [1.54, 1.807) is 17.2 Å². The van der Waals surface area contributed by atoms with Crippen molar-refractivity contribution in [2.45, 2.75) is 58.7 Å². The first-order chi connectivity index (χ1) is 24.1. The summed E-state index contributed by atoms with van der Waals surface area (Å²) in [5.74, 6) is -5.80. The van der Waals surface area contributed by atoms with Gasteiger partial charge in [-0.25, -0.2) is 13.6 Å². The third kappa shape index (κ3) is 12.5. The predicted molar refractivity (Wildman–Crippen MR) is 190 cm³/mol. The minimum absolute atomic E-state index is 0.0766. The summed E-state index contributed by atoms with van der Waals surface area (Å²) in [5, 5.41) is 23.0. The van der Waals surface area contributed by atoms with E-state index in [1.165, 1.54) is 0 Å². The van der Waals surface area contributed by atoms with E-state index in [-0.39, 0.29) is 35.9 Å². The lowest BCUT2D eigenvalue weighted by atomic mass is 9.83. The fraction of sp³-hybridized carbons (Fsp3) is 0.417. The molecule has 276 valence electrons. The van der Waals surface area contributed by atoms with E-state index in [0.29, 0.717) is 30.8 Å². The molecule has 1 heterocycles. The Bertz CT molecular complexity index is 1680. The molecule has 12 nitrogen and oxygen atoms in total. The number of carboxylic acid groups (broad SMARTS) is 2. The number of hydrogen-bond donors (Lipinski definition) is 5. The van der Waals surface area contributed by atoms with Crippen molar-refractivity contribution in [2.75, 3.05) is 31.1 Å². The third-order valence-corrected chi connectivity index (χ3v) is 8.88. The van der Waals surface area contributed by atoms with Crippen LogP contribution in [0.1, 0.15) is 57.3 Å². The first-order valence-corrected chi connectivity index (χ1v) is 17.5. The maximum Gasteiger partial charge on any atom is 0.327 e. The number of thioether (sulfide) groups is 1. The molecule has 0 aliphatic carbocycles. The summed E-state index contributed by atoms with van der Waals surface area (Å²) in [6.07, 6.45) is 1.45. The van der Waals surface area contributed by atoms with Crippen LogP contribution in [-0.2, 0) is 30.5 Å². The van der Waals surface area contributed by atoms with Gasteiger partial charge >= 0.3 is 11.9 Å². The highest BCUT2D eigenvalue weighted by molar-refractivity contribution is 8.00. The van der Waals surface area contributed by atoms with Crippen LogP contribution in [0.4, 0.5) is 8.78 Å². The summed E-state index contributed by atoms with van der Waals surface area (Å²) in [7, 11) is 0. The molecular weight excluding hydrogens is 684 g/mol. The molecule has 3 amide bonds. The number of nitrogens with two attached hydrogens (primary N) is 1. The Morgan fingerprint density at radius 3 is 2.31 bits per heavy atom. The van der Waals surface area contributed by atoms with Gasteiger partial charge < -0.3 is 36.0 Å². The Morgan fingerprint density at radius 1 is 0.980 bits per heavy atom. The van der Waals surface area contributed by atoms with E-state index in [9.17, 15) is 33.5 Å². The lowest BCUT2D eigenvalue weighted by Crippen LogP contribution is -2.47. The van der Waals surface area contributed by atoms with Gasteiger partial charge in [0.05, 0.1) is 24.8 Å². The average molecular weight is 730 g/mol. The molecule has 2 aromatic carbocycles. The number of hydrogen-bond acceptors (Lipinski definition) is 7. The van der Waals surface area contributed by atoms with Crippen molar-refractivity contribution in [2.24, 2.45) is 11.1 Å². The summed E-state index contributed by atoms with van der Waals surface area (Å²) >= 11 is 1.00. The van der Waals surface area contributed by atoms with Gasteiger partial charge in [-0.1, -0.05) is 51.1 Å². The molecule has 3 rings (SSSR count). The largest absolute Gasteiger partial charge is 0.481 e. The SMILES string of the molecule is CC(C)(C)[C@H](c1cc(-c2cc(F)ccc2F)cn1Cc1ccccc1)N(CCCN)C(=O)CSC[C@H](NC(=O)CNC(=O)CCC(=O)O)C(=O)O. The molecule has 6 N–H and O–H groups in total. The van der Waals surface area contributed by atoms with Crippen molar-refractivity contribution in [3.05, 3.63) is 83.7 Å². The normalized spacial score (nSPS) is 12.5. The quantitative estimate of drug-likeness (QED) is 0.122. The minimum atomic E-state index is -1.38. The molecule has 15 heteroatoms. The lowest BCUT2D eigenvalue weighted by Gasteiger charge is -2.41. The molecule has 2 atom stereocenters. The van der Waals surface area contributed by atoms with Gasteiger partial charge in [-0.3, -0.25) is 19.2 Å². The molecule has 0 aliphatic rings. The molecule has 3 aromatic rings. The zero-order chi connectivity index (χ0) is 37.7. The number of nitrogens with one attached hydrogen (secondary N) is 2. The van der Waals surface area contributed by atoms with Crippen LogP contribution in [0.3, 0.4) is 0 Å². The van der Waals surface area contributed by atoms with Gasteiger partial charge in [-0.05, 0) is 48.2 Å². The molecule has 51 heavy (non-hydrogen) atoms. The number of aromatic nitrogens is 1. The van der Waals surface area contributed by atoms with Crippen LogP contribution in [0.5, 0.6) is 0 Å². The van der Waals surface area contributed by atoms with Gasteiger partial charge in [0.15, 0.2) is 0 Å². The van der Waals surface area contributed by atoms with Crippen molar-refractivity contribution in [1.82, 2.24) is 20.1 Å². The first-order valence-electron chi connectivity index (χ1n) is 16.4. The predicted octanol–water partition coefficient (Wildman–Crippen LogP) is 4.03. The maximum atomic E-state index is 15.0. The Balaban J connectivity index is 1.87. The molecular formula is C36H45F2N5O7S. The molecule has 0 saturated carbocycles. The summed E-state index contributed by atoms with van der Waals surface area (Å²) in [6.45, 7) is 6.28. The summed E-state index contributed by atoms with van der Waals surface area (Å²) < 4.78 is 31.2. The number of halogens is 2. The Kier molecular flexibility index (Phi) is 15.2. The summed E-state index contributed by atoms with van der Waals surface area (Å²) in [4.78, 5) is 62.4. The van der Waals surface area contributed by atoms with Crippen LogP contribution < -0.4 is 16.4 Å². The van der Waals surface area contributed by atoms with Gasteiger partial charge in [0, 0.05) is 48.3 Å². The van der Waals surface area contributed by atoms with Crippen LogP contribution >= 0.6 is 11.8 Å². The molecule has 0 fully saturated rings. The van der Waals surface area contributed by atoms with Gasteiger partial charge in [-0.15, -0.1) is 11.8 Å². The monoisotopic (exact) mass is 729 g/mol. The molecule has 0 radical (unpaired) electrons. The fourth-order valence-corrected chi connectivity index (χ4v) is 6.45. The molecule has 1 aromatic heterocycles. The Hall–Kier alpha value is -4.76. The standard InChI is InChI=1S/C36H45F2N5O7S/c1-36(2,3)34(29-16-24(26-17-25(37)10-11-27(26)38)20-42(29)19-23-8-5-4-6-9-23)43(15-7-14-39)32(46)22-51-21-28(35(49)50)41-31(45)18-40-30(44)12-13-33(47)48/h4-6,8-11,16-17,20,28,34H,7,12-15,18-19,21-22,39H2,1-3H3,(H,40,44)(H,41,45)(H,47,48)(H,49,50)/t28-,34-/m0/s1. The topological polar surface area (TPSA) is 184 Å². The van der Waals surface area contributed by atoms with E-state index >= 15 is 4.39 Å². The highest BCUT2D eigenvalue weighted by Gasteiger charge is 2.37. The maximum absolute atomic E-state index is 15.0. The van der Waals surface area contributed by atoms with Crippen molar-refractivity contribution in [1.29, 1.82) is 0 Å². The Morgan fingerprint density at radius 2 is 1.69 bits per heavy atom. The van der Waals surface area contributed by atoms with Crippen molar-refractivity contribution >= 4 is 41.4 Å². The summed E-state index contributed by atoms with van der Waals surface area (Å²) in [6, 6.07) is 12.6. The number of carbonyl (C=O) groups is 5. The third-order valence-electron chi connectivity index (χ3n) is 7.86. The molecule has 0 spiro atoms. The van der Waals surface area contributed by atoms with E-state index < -0.39 is 65.9 Å². The van der Waals surface area contributed by atoms with Gasteiger partial charge in [0.1, 0.15) is 17.7 Å². The summed E-state index contributed by atoms with van der Waals surface area (Å²) in [5.41, 5.74) is 7.44. The number of carboxylic acids is 2. The van der Waals surface area contributed by atoms with Gasteiger partial charge in [0.25, 0.3) is 0 Å².